The van der Waals surface area contributed by atoms with Gasteiger partial charge in [0.15, 0.2) is 0 Å². The van der Waals surface area contributed by atoms with E-state index in [1.165, 1.54) is 18.7 Å². The van der Waals surface area contributed by atoms with Gasteiger partial charge in [-0.2, -0.15) is 11.8 Å². The number of carboxylic acids is 1. The molecule has 0 aliphatic heterocycles. The fraction of sp³-hybridized carbons (Fsp3) is 0.810. The first-order chi connectivity index (χ1) is 15.4. The van der Waals surface area contributed by atoms with Crippen LogP contribution in [0.2, 0.25) is 0 Å². The van der Waals surface area contributed by atoms with Gasteiger partial charge in [-0.3, -0.25) is 14.4 Å². The number of aliphatic hydroxyl groups is 1. The highest BCUT2D eigenvalue weighted by Gasteiger charge is 2.32. The number of unbranched alkanes of at least 4 members (excludes halogenated alkanes) is 1. The molecule has 0 aromatic rings. The van der Waals surface area contributed by atoms with Crippen molar-refractivity contribution in [2.45, 2.75) is 83.1 Å². The molecule has 12 heteroatoms. The number of carbonyl (C=O) groups excluding carboxylic acids is 3. The molecule has 0 aliphatic rings. The van der Waals surface area contributed by atoms with Crippen LogP contribution in [0, 0.1) is 5.92 Å². The summed E-state index contributed by atoms with van der Waals surface area (Å²) in [6.45, 7) is 5.57. The van der Waals surface area contributed by atoms with Crippen LogP contribution in [-0.4, -0.2) is 82.7 Å². The number of amides is 3. The summed E-state index contributed by atoms with van der Waals surface area (Å²) in [4.78, 5) is 49.5. The molecule has 0 saturated heterocycles. The van der Waals surface area contributed by atoms with Crippen molar-refractivity contribution >= 4 is 35.5 Å². The number of rotatable bonds is 17. The van der Waals surface area contributed by atoms with Gasteiger partial charge >= 0.3 is 5.97 Å². The van der Waals surface area contributed by atoms with Crippen LogP contribution in [0.15, 0.2) is 0 Å². The molecule has 0 saturated carbocycles. The van der Waals surface area contributed by atoms with Crippen LogP contribution >= 0.6 is 11.8 Å². The van der Waals surface area contributed by atoms with E-state index in [2.05, 4.69) is 16.0 Å². The molecule has 9 N–H and O–H groups in total. The van der Waals surface area contributed by atoms with E-state index < -0.39 is 54.0 Å². The fourth-order valence-corrected chi connectivity index (χ4v) is 3.54. The Morgan fingerprint density at radius 3 is 2.00 bits per heavy atom. The highest BCUT2D eigenvalue weighted by molar-refractivity contribution is 7.98. The van der Waals surface area contributed by atoms with Crippen LogP contribution in [0.25, 0.3) is 0 Å². The first kappa shape index (κ1) is 31.1. The van der Waals surface area contributed by atoms with Crippen molar-refractivity contribution in [1.82, 2.24) is 16.0 Å². The normalized spacial score (nSPS) is 15.8. The van der Waals surface area contributed by atoms with Crippen LogP contribution in [0.3, 0.4) is 0 Å². The molecule has 3 amide bonds. The van der Waals surface area contributed by atoms with Gasteiger partial charge in [0.25, 0.3) is 0 Å². The van der Waals surface area contributed by atoms with Crippen molar-refractivity contribution in [2.75, 3.05) is 18.6 Å². The van der Waals surface area contributed by atoms with Crippen molar-refractivity contribution in [3.05, 3.63) is 0 Å². The lowest BCUT2D eigenvalue weighted by molar-refractivity contribution is -0.142. The first-order valence-corrected chi connectivity index (χ1v) is 12.6. The highest BCUT2D eigenvalue weighted by Crippen LogP contribution is 2.07. The van der Waals surface area contributed by atoms with Crippen molar-refractivity contribution in [3.63, 3.8) is 0 Å². The van der Waals surface area contributed by atoms with Crippen molar-refractivity contribution in [2.24, 2.45) is 17.4 Å². The number of thioether (sulfide) groups is 1. The number of carboxylic acid groups (broad SMARTS) is 1. The second-order valence-corrected chi connectivity index (χ2v) is 9.48. The number of carbonyl (C=O) groups is 4. The van der Waals surface area contributed by atoms with Gasteiger partial charge in [0.1, 0.15) is 18.1 Å². The molecule has 0 aromatic carbocycles. The predicted molar refractivity (Wildman–Crippen MR) is 128 cm³/mol. The van der Waals surface area contributed by atoms with Gasteiger partial charge in [-0.15, -0.1) is 0 Å². The predicted octanol–water partition coefficient (Wildman–Crippen LogP) is -0.838. The Labute approximate surface area is 200 Å². The maximum absolute atomic E-state index is 12.8. The number of hydrogen-bond acceptors (Lipinski definition) is 8. The summed E-state index contributed by atoms with van der Waals surface area (Å²) in [6, 6.07) is -4.32. The third-order valence-corrected chi connectivity index (χ3v) is 5.57. The number of aliphatic carboxylic acids is 1. The SMILES string of the molecule is CSCCC(NC(=O)C(NC(=O)C(N)CC(C)C)C(C)O)C(=O)NC(CCCCN)C(=O)O. The first-order valence-electron chi connectivity index (χ1n) is 11.2. The van der Waals surface area contributed by atoms with Crippen LogP contribution < -0.4 is 27.4 Å². The number of nitrogens with one attached hydrogen (secondary N) is 3. The summed E-state index contributed by atoms with van der Waals surface area (Å²) in [5, 5.41) is 26.9. The molecule has 0 aliphatic carbocycles. The van der Waals surface area contributed by atoms with E-state index in [1.807, 2.05) is 20.1 Å². The topological polar surface area (TPSA) is 197 Å². The Balaban J connectivity index is 5.32. The van der Waals surface area contributed by atoms with Crippen molar-refractivity contribution in [3.8, 4) is 0 Å². The Hall–Kier alpha value is -1.89. The van der Waals surface area contributed by atoms with E-state index in [9.17, 15) is 29.4 Å². The molecular formula is C21H41N5O6S. The Kier molecular flexibility index (Phi) is 15.7. The number of hydrogen-bond donors (Lipinski definition) is 7. The van der Waals surface area contributed by atoms with Crippen LogP contribution in [-0.2, 0) is 19.2 Å². The molecule has 0 spiro atoms. The molecule has 0 fully saturated rings. The summed E-state index contributed by atoms with van der Waals surface area (Å²) in [5.41, 5.74) is 11.3. The highest BCUT2D eigenvalue weighted by atomic mass is 32.2. The van der Waals surface area contributed by atoms with Gasteiger partial charge in [0.2, 0.25) is 17.7 Å². The lowest BCUT2D eigenvalue weighted by Crippen LogP contribution is -2.59. The molecule has 0 bridgehead atoms. The quantitative estimate of drug-likeness (QED) is 0.127. The molecule has 0 radical (unpaired) electrons. The molecular weight excluding hydrogens is 450 g/mol. The molecule has 0 rings (SSSR count). The largest absolute Gasteiger partial charge is 0.480 e. The van der Waals surface area contributed by atoms with E-state index >= 15 is 0 Å². The summed E-state index contributed by atoms with van der Waals surface area (Å²) < 4.78 is 0. The van der Waals surface area contributed by atoms with Crippen molar-refractivity contribution < 1.29 is 29.4 Å². The molecule has 11 nitrogen and oxygen atoms in total. The van der Waals surface area contributed by atoms with Gasteiger partial charge < -0.3 is 37.6 Å². The molecule has 192 valence electrons. The Morgan fingerprint density at radius 2 is 1.52 bits per heavy atom. The smallest absolute Gasteiger partial charge is 0.326 e. The molecule has 5 unspecified atom stereocenters. The lowest BCUT2D eigenvalue weighted by atomic mass is 10.0. The van der Waals surface area contributed by atoms with Crippen LogP contribution in [0.5, 0.6) is 0 Å². The van der Waals surface area contributed by atoms with E-state index in [4.69, 9.17) is 11.5 Å². The van der Waals surface area contributed by atoms with Gasteiger partial charge in [-0.05, 0) is 63.5 Å². The van der Waals surface area contributed by atoms with E-state index in [0.717, 1.165) is 0 Å². The maximum Gasteiger partial charge on any atom is 0.326 e. The van der Waals surface area contributed by atoms with Gasteiger partial charge in [0, 0.05) is 0 Å². The fourth-order valence-electron chi connectivity index (χ4n) is 3.07. The molecule has 0 aromatic heterocycles. The van der Waals surface area contributed by atoms with E-state index in [-0.39, 0.29) is 18.8 Å². The van der Waals surface area contributed by atoms with E-state index in [0.29, 0.717) is 31.6 Å². The standard InChI is InChI=1S/C21H41N5O6S/c1-12(2)11-14(23)18(28)26-17(13(3)27)20(30)24-15(8-10-33-4)19(29)25-16(21(31)32)7-5-6-9-22/h12-17,27H,5-11,22-23H2,1-4H3,(H,24,30)(H,25,29)(H,26,28)(H,31,32). The zero-order valence-corrected chi connectivity index (χ0v) is 20.8. The molecule has 5 atom stereocenters. The minimum absolute atomic E-state index is 0.163. The Bertz CT molecular complexity index is 634. The van der Waals surface area contributed by atoms with Gasteiger partial charge in [0.05, 0.1) is 12.1 Å². The summed E-state index contributed by atoms with van der Waals surface area (Å²) in [5.74, 6) is -2.48. The molecule has 33 heavy (non-hydrogen) atoms. The minimum Gasteiger partial charge on any atom is -0.480 e. The maximum atomic E-state index is 12.8. The number of aliphatic hydroxyl groups excluding tert-OH is 1. The van der Waals surface area contributed by atoms with Crippen molar-refractivity contribution in [1.29, 1.82) is 0 Å². The summed E-state index contributed by atoms with van der Waals surface area (Å²) >= 11 is 1.45. The second kappa shape index (κ2) is 16.7. The van der Waals surface area contributed by atoms with Crippen LogP contribution in [0.1, 0.15) is 52.9 Å². The third-order valence-electron chi connectivity index (χ3n) is 4.93. The van der Waals surface area contributed by atoms with E-state index in [1.54, 1.807) is 0 Å². The third kappa shape index (κ3) is 12.8. The zero-order chi connectivity index (χ0) is 25.6. The van der Waals surface area contributed by atoms with Gasteiger partial charge in [-0.25, -0.2) is 4.79 Å². The summed E-state index contributed by atoms with van der Waals surface area (Å²) in [6.07, 6.45) is 2.59. The lowest BCUT2D eigenvalue weighted by Gasteiger charge is -2.26. The minimum atomic E-state index is -1.32. The summed E-state index contributed by atoms with van der Waals surface area (Å²) in [7, 11) is 0. The molecule has 0 heterocycles. The average molecular weight is 492 g/mol. The zero-order valence-electron chi connectivity index (χ0n) is 20.0. The Morgan fingerprint density at radius 1 is 0.909 bits per heavy atom. The second-order valence-electron chi connectivity index (χ2n) is 8.49. The number of nitrogens with two attached hydrogens (primary N) is 2. The monoisotopic (exact) mass is 491 g/mol. The van der Waals surface area contributed by atoms with Gasteiger partial charge in [-0.1, -0.05) is 13.8 Å². The average Bonchev–Trinajstić information content (AvgIpc) is 2.72. The van der Waals surface area contributed by atoms with Crippen LogP contribution in [0.4, 0.5) is 0 Å².